The van der Waals surface area contributed by atoms with Gasteiger partial charge in [0.1, 0.15) is 5.82 Å². The number of carbonyl (C=O) groups is 1. The first-order chi connectivity index (χ1) is 9.51. The summed E-state index contributed by atoms with van der Waals surface area (Å²) in [5.74, 6) is 4.34. The van der Waals surface area contributed by atoms with Gasteiger partial charge in [0.25, 0.3) is 5.91 Å². The number of nitrogen functional groups attached to an aromatic ring is 1. The lowest BCUT2D eigenvalue weighted by molar-refractivity contribution is 0.102. The number of aromatic nitrogens is 1. The highest BCUT2D eigenvalue weighted by Crippen LogP contribution is 2.21. The lowest BCUT2D eigenvalue weighted by Crippen LogP contribution is -2.18. The minimum absolute atomic E-state index is 0.0850. The normalized spacial score (nSPS) is 10.2. The molecule has 1 aromatic carbocycles. The number of hydrazine groups is 1. The number of halogens is 2. The molecule has 0 aliphatic rings. The Labute approximate surface area is 123 Å². The van der Waals surface area contributed by atoms with E-state index in [4.69, 9.17) is 5.84 Å². The van der Waals surface area contributed by atoms with Crippen LogP contribution in [-0.2, 0) is 0 Å². The molecule has 0 unspecified atom stereocenters. The third kappa shape index (κ3) is 3.12. The fraction of sp³-hybridized carbons (Fsp3) is 0.0769. The number of rotatable bonds is 3. The zero-order chi connectivity index (χ0) is 14.7. The number of benzene rings is 1. The third-order valence-corrected chi connectivity index (χ3v) is 3.11. The number of carbonyl (C=O) groups excluding carboxylic acids is 1. The molecule has 0 radical (unpaired) electrons. The van der Waals surface area contributed by atoms with Gasteiger partial charge in [0.05, 0.1) is 16.9 Å². The van der Waals surface area contributed by atoms with Crippen molar-refractivity contribution in [3.63, 3.8) is 0 Å². The number of aryl methyl sites for hydroxylation is 1. The monoisotopic (exact) mass is 338 g/mol. The van der Waals surface area contributed by atoms with Crippen LogP contribution in [0.4, 0.5) is 15.8 Å². The summed E-state index contributed by atoms with van der Waals surface area (Å²) in [4.78, 5) is 16.1. The van der Waals surface area contributed by atoms with Gasteiger partial charge in [-0.3, -0.25) is 15.6 Å². The van der Waals surface area contributed by atoms with Crippen LogP contribution in [0.15, 0.2) is 34.9 Å². The van der Waals surface area contributed by atoms with Crippen LogP contribution >= 0.6 is 15.9 Å². The Kier molecular flexibility index (Phi) is 4.31. The number of nitrogens with zero attached hydrogens (tertiary/aromatic N) is 1. The largest absolute Gasteiger partial charge is 0.323 e. The van der Waals surface area contributed by atoms with Crippen LogP contribution in [0.25, 0.3) is 0 Å². The average molecular weight is 339 g/mol. The van der Waals surface area contributed by atoms with Gasteiger partial charge in [0.2, 0.25) is 0 Å². The van der Waals surface area contributed by atoms with E-state index in [1.165, 1.54) is 18.3 Å². The molecule has 104 valence electrons. The molecule has 0 aliphatic carbocycles. The summed E-state index contributed by atoms with van der Waals surface area (Å²) >= 11 is 3.15. The van der Waals surface area contributed by atoms with Crippen molar-refractivity contribution in [1.82, 2.24) is 4.98 Å². The second kappa shape index (κ2) is 5.98. The van der Waals surface area contributed by atoms with Crippen LogP contribution in [-0.4, -0.2) is 10.9 Å². The predicted octanol–water partition coefficient (Wildman–Crippen LogP) is 2.83. The van der Waals surface area contributed by atoms with Crippen molar-refractivity contribution in [3.05, 3.63) is 52.0 Å². The van der Waals surface area contributed by atoms with E-state index in [1.54, 1.807) is 19.1 Å². The molecule has 2 aromatic rings. The molecule has 1 heterocycles. The first-order valence-electron chi connectivity index (χ1n) is 5.71. The summed E-state index contributed by atoms with van der Waals surface area (Å²) in [5, 5.41) is 2.48. The van der Waals surface area contributed by atoms with Gasteiger partial charge >= 0.3 is 0 Å². The van der Waals surface area contributed by atoms with Gasteiger partial charge in [-0.1, -0.05) is 15.9 Å². The lowest BCUT2D eigenvalue weighted by atomic mass is 10.2. The lowest BCUT2D eigenvalue weighted by Gasteiger charge is -2.10. The Morgan fingerprint density at radius 1 is 1.35 bits per heavy atom. The van der Waals surface area contributed by atoms with Gasteiger partial charge in [-0.15, -0.1) is 0 Å². The van der Waals surface area contributed by atoms with Crippen LogP contribution < -0.4 is 16.6 Å². The molecule has 2 rings (SSSR count). The summed E-state index contributed by atoms with van der Waals surface area (Å²) < 4.78 is 14.3. The molecule has 7 heteroatoms. The molecule has 0 atom stereocenters. The maximum atomic E-state index is 13.7. The van der Waals surface area contributed by atoms with E-state index in [0.717, 1.165) is 0 Å². The molecule has 0 spiro atoms. The molecule has 0 bridgehead atoms. The fourth-order valence-corrected chi connectivity index (χ4v) is 1.97. The number of hydrogen-bond donors (Lipinski definition) is 3. The van der Waals surface area contributed by atoms with Gasteiger partial charge in [-0.2, -0.15) is 0 Å². The number of anilines is 2. The smallest absolute Gasteiger partial charge is 0.259 e. The van der Waals surface area contributed by atoms with Gasteiger partial charge < -0.3 is 10.7 Å². The summed E-state index contributed by atoms with van der Waals surface area (Å²) in [7, 11) is 0. The van der Waals surface area contributed by atoms with E-state index in [1.807, 2.05) is 0 Å². The van der Waals surface area contributed by atoms with Crippen molar-refractivity contribution in [2.75, 3.05) is 10.7 Å². The molecule has 4 N–H and O–H groups in total. The van der Waals surface area contributed by atoms with Crippen LogP contribution in [0.2, 0.25) is 0 Å². The number of amides is 1. The molecule has 0 fully saturated rings. The topological polar surface area (TPSA) is 80.0 Å². The van der Waals surface area contributed by atoms with Crippen LogP contribution in [0, 0.1) is 12.7 Å². The highest BCUT2D eigenvalue weighted by molar-refractivity contribution is 9.10. The zero-order valence-corrected chi connectivity index (χ0v) is 12.2. The first-order valence-corrected chi connectivity index (χ1v) is 6.50. The van der Waals surface area contributed by atoms with Crippen molar-refractivity contribution < 1.29 is 9.18 Å². The van der Waals surface area contributed by atoms with E-state index in [-0.39, 0.29) is 11.3 Å². The van der Waals surface area contributed by atoms with Crippen molar-refractivity contribution in [2.24, 2.45) is 5.84 Å². The van der Waals surface area contributed by atoms with Gasteiger partial charge in [-0.25, -0.2) is 4.39 Å². The number of pyridine rings is 1. The molecular formula is C13H12BrFN4O. The molecule has 0 aliphatic heterocycles. The highest BCUT2D eigenvalue weighted by atomic mass is 79.9. The molecule has 20 heavy (non-hydrogen) atoms. The second-order valence-corrected chi connectivity index (χ2v) is 5.01. The fourth-order valence-electron chi connectivity index (χ4n) is 1.64. The van der Waals surface area contributed by atoms with Crippen LogP contribution in [0.1, 0.15) is 16.1 Å². The predicted molar refractivity (Wildman–Crippen MR) is 78.8 cm³/mol. The van der Waals surface area contributed by atoms with Gasteiger partial charge in [0, 0.05) is 16.4 Å². The molecule has 5 nitrogen and oxygen atoms in total. The Balaban J connectivity index is 2.28. The van der Waals surface area contributed by atoms with Crippen LogP contribution in [0.3, 0.4) is 0 Å². The zero-order valence-electron chi connectivity index (χ0n) is 10.6. The summed E-state index contributed by atoms with van der Waals surface area (Å²) in [5.41, 5.74) is 3.88. The van der Waals surface area contributed by atoms with Gasteiger partial charge in [0.15, 0.2) is 0 Å². The number of nitrogens with one attached hydrogen (secondary N) is 2. The maximum absolute atomic E-state index is 13.7. The van der Waals surface area contributed by atoms with E-state index in [2.05, 4.69) is 31.7 Å². The minimum atomic E-state index is -0.532. The maximum Gasteiger partial charge on any atom is 0.259 e. The van der Waals surface area contributed by atoms with Crippen molar-refractivity contribution >= 4 is 33.2 Å². The van der Waals surface area contributed by atoms with Crippen LogP contribution in [0.5, 0.6) is 0 Å². The quantitative estimate of drug-likeness (QED) is 0.593. The summed E-state index contributed by atoms with van der Waals surface area (Å²) in [6, 6.07) is 6.00. The van der Waals surface area contributed by atoms with Crippen molar-refractivity contribution in [1.29, 1.82) is 0 Å². The summed E-state index contributed by atoms with van der Waals surface area (Å²) in [6.45, 7) is 1.77. The van der Waals surface area contributed by atoms with E-state index in [9.17, 15) is 9.18 Å². The highest BCUT2D eigenvalue weighted by Gasteiger charge is 2.14. The van der Waals surface area contributed by atoms with E-state index < -0.39 is 11.7 Å². The molecular weight excluding hydrogens is 327 g/mol. The van der Waals surface area contributed by atoms with Crippen molar-refractivity contribution in [3.8, 4) is 0 Å². The van der Waals surface area contributed by atoms with Gasteiger partial charge in [-0.05, 0) is 31.2 Å². The Morgan fingerprint density at radius 2 is 2.10 bits per heavy atom. The van der Waals surface area contributed by atoms with E-state index in [0.29, 0.717) is 15.9 Å². The third-order valence-electron chi connectivity index (χ3n) is 2.62. The standard InChI is InChI=1S/C13H12BrFN4O/c1-7-4-12(19-16)9(6-17-7)13(20)18-11-3-2-8(14)5-10(11)15/h2-6H,16H2,1H3,(H,17,19)(H,18,20). The Bertz CT molecular complexity index is 663. The van der Waals surface area contributed by atoms with E-state index >= 15 is 0 Å². The second-order valence-electron chi connectivity index (χ2n) is 4.09. The molecule has 0 saturated heterocycles. The number of hydrogen-bond acceptors (Lipinski definition) is 4. The van der Waals surface area contributed by atoms with Crippen molar-refractivity contribution in [2.45, 2.75) is 6.92 Å². The molecule has 1 aromatic heterocycles. The molecule has 1 amide bonds. The molecule has 0 saturated carbocycles. The minimum Gasteiger partial charge on any atom is -0.323 e. The average Bonchev–Trinajstić information content (AvgIpc) is 2.41. The summed E-state index contributed by atoms with van der Waals surface area (Å²) in [6.07, 6.45) is 1.39. The Hall–Kier alpha value is -1.99. The number of nitrogens with two attached hydrogens (primary N) is 1. The Morgan fingerprint density at radius 3 is 2.75 bits per heavy atom. The first kappa shape index (κ1) is 14.4. The SMILES string of the molecule is Cc1cc(NN)c(C(=O)Nc2ccc(Br)cc2F)cn1.